The monoisotopic (exact) mass is 312 g/mol. The zero-order chi connectivity index (χ0) is 13.1. The van der Waals surface area contributed by atoms with Gasteiger partial charge in [-0.05, 0) is 60.6 Å². The molecule has 1 aliphatic rings. The number of likely N-dealkylation sites (N-methyl/N-ethyl adjacent to an activating group) is 1. The maximum atomic E-state index is 10.9. The molecule has 18 heavy (non-hydrogen) atoms. The van der Waals surface area contributed by atoms with Crippen molar-refractivity contribution in [2.24, 2.45) is 0 Å². The molecule has 1 unspecified atom stereocenters. The first-order chi connectivity index (χ1) is 8.56. The molecule has 0 aromatic heterocycles. The summed E-state index contributed by atoms with van der Waals surface area (Å²) in [4.78, 5) is 13.2. The molecule has 1 heterocycles. The predicted molar refractivity (Wildman–Crippen MR) is 75.2 cm³/mol. The molecule has 1 aromatic carbocycles. The second kappa shape index (κ2) is 5.71. The van der Waals surface area contributed by atoms with Gasteiger partial charge in [-0.15, -0.1) is 0 Å². The molecule has 98 valence electrons. The van der Waals surface area contributed by atoms with Gasteiger partial charge < -0.3 is 15.3 Å². The van der Waals surface area contributed by atoms with Crippen LogP contribution >= 0.6 is 15.9 Å². The smallest absolute Gasteiger partial charge is 0.336 e. The van der Waals surface area contributed by atoms with Crippen molar-refractivity contribution < 1.29 is 9.90 Å². The average Bonchev–Trinajstić information content (AvgIpc) is 2.28. The summed E-state index contributed by atoms with van der Waals surface area (Å²) in [6.45, 7) is 2.18. The maximum Gasteiger partial charge on any atom is 0.336 e. The van der Waals surface area contributed by atoms with Gasteiger partial charge in [-0.2, -0.15) is 0 Å². The van der Waals surface area contributed by atoms with Crippen LogP contribution in [0.15, 0.2) is 22.7 Å². The summed E-state index contributed by atoms with van der Waals surface area (Å²) in [5.74, 6) is -0.911. The van der Waals surface area contributed by atoms with Crippen molar-refractivity contribution in [3.05, 3.63) is 28.2 Å². The highest BCUT2D eigenvalue weighted by atomic mass is 79.9. The number of carbonyl (C=O) groups is 1. The fourth-order valence-corrected chi connectivity index (χ4v) is 2.85. The Balaban J connectivity index is 2.05. The highest BCUT2D eigenvalue weighted by Crippen LogP contribution is 2.23. The zero-order valence-electron chi connectivity index (χ0n) is 10.3. The molecule has 0 aliphatic carbocycles. The molecule has 0 saturated carbocycles. The fourth-order valence-electron chi connectivity index (χ4n) is 2.30. The number of hydrogen-bond donors (Lipinski definition) is 2. The molecule has 2 rings (SSSR count). The van der Waals surface area contributed by atoms with Crippen LogP contribution in [-0.4, -0.2) is 42.2 Å². The van der Waals surface area contributed by atoms with Gasteiger partial charge in [-0.1, -0.05) is 0 Å². The molecular formula is C13H17BrN2O2. The van der Waals surface area contributed by atoms with Crippen LogP contribution in [0.4, 0.5) is 5.69 Å². The molecule has 1 fully saturated rings. The predicted octanol–water partition coefficient (Wildman–Crippen LogP) is 2.65. The minimum Gasteiger partial charge on any atom is -0.478 e. The van der Waals surface area contributed by atoms with Crippen molar-refractivity contribution in [1.82, 2.24) is 4.90 Å². The fraction of sp³-hybridized carbons (Fsp3) is 0.462. The number of carboxylic acid groups (broad SMARTS) is 1. The number of rotatable bonds is 3. The van der Waals surface area contributed by atoms with Crippen molar-refractivity contribution in [3.63, 3.8) is 0 Å². The van der Waals surface area contributed by atoms with Crippen LogP contribution in [0.1, 0.15) is 23.2 Å². The van der Waals surface area contributed by atoms with Crippen molar-refractivity contribution >= 4 is 27.6 Å². The summed E-state index contributed by atoms with van der Waals surface area (Å²) >= 11 is 3.29. The van der Waals surface area contributed by atoms with Gasteiger partial charge in [0.2, 0.25) is 0 Å². The normalized spacial score (nSPS) is 20.7. The Labute approximate surface area is 115 Å². The number of anilines is 1. The lowest BCUT2D eigenvalue weighted by Gasteiger charge is -2.31. The van der Waals surface area contributed by atoms with Crippen LogP contribution in [0.5, 0.6) is 0 Å². The lowest BCUT2D eigenvalue weighted by Crippen LogP contribution is -2.39. The number of likely N-dealkylation sites (tertiary alicyclic amines) is 1. The van der Waals surface area contributed by atoms with Crippen molar-refractivity contribution in [1.29, 1.82) is 0 Å². The summed E-state index contributed by atoms with van der Waals surface area (Å²) in [5.41, 5.74) is 1.26. The van der Waals surface area contributed by atoms with E-state index in [0.29, 0.717) is 16.1 Å². The number of aromatic carboxylic acids is 1. The Hall–Kier alpha value is -1.07. The molecule has 2 N–H and O–H groups in total. The van der Waals surface area contributed by atoms with E-state index in [1.54, 1.807) is 6.07 Å². The first-order valence-corrected chi connectivity index (χ1v) is 6.83. The van der Waals surface area contributed by atoms with Crippen molar-refractivity contribution in [2.45, 2.75) is 18.9 Å². The van der Waals surface area contributed by atoms with E-state index in [1.807, 2.05) is 12.1 Å². The van der Waals surface area contributed by atoms with E-state index in [0.717, 1.165) is 25.2 Å². The van der Waals surface area contributed by atoms with Crippen molar-refractivity contribution in [3.8, 4) is 0 Å². The Morgan fingerprint density at radius 2 is 2.33 bits per heavy atom. The van der Waals surface area contributed by atoms with E-state index in [-0.39, 0.29) is 0 Å². The number of nitrogens with one attached hydrogen (secondary N) is 1. The number of benzene rings is 1. The standard InChI is InChI=1S/C13H17BrN2O2/c1-16-6-2-3-10(8-16)15-9-4-5-11(13(17)18)12(14)7-9/h4-5,7,10,15H,2-3,6,8H2,1H3,(H,17,18). The lowest BCUT2D eigenvalue weighted by atomic mass is 10.1. The Morgan fingerprint density at radius 3 is 2.94 bits per heavy atom. The molecule has 1 aliphatic heterocycles. The number of nitrogens with zero attached hydrogens (tertiary/aromatic N) is 1. The SMILES string of the molecule is CN1CCCC(Nc2ccc(C(=O)O)c(Br)c2)C1. The van der Waals surface area contributed by atoms with E-state index in [4.69, 9.17) is 5.11 Å². The summed E-state index contributed by atoms with van der Waals surface area (Å²) in [6, 6.07) is 5.72. The zero-order valence-corrected chi connectivity index (χ0v) is 11.9. The number of hydrogen-bond acceptors (Lipinski definition) is 3. The Kier molecular flexibility index (Phi) is 4.24. The third kappa shape index (κ3) is 3.23. The highest BCUT2D eigenvalue weighted by molar-refractivity contribution is 9.10. The largest absolute Gasteiger partial charge is 0.478 e. The summed E-state index contributed by atoms with van der Waals surface area (Å²) in [6.07, 6.45) is 2.35. The van der Waals surface area contributed by atoms with Gasteiger partial charge in [-0.25, -0.2) is 4.79 Å². The number of piperidine rings is 1. The molecule has 0 spiro atoms. The minimum absolute atomic E-state index is 0.293. The summed E-state index contributed by atoms with van der Waals surface area (Å²) < 4.78 is 0.615. The van der Waals surface area contributed by atoms with Gasteiger partial charge in [0.05, 0.1) is 5.56 Å². The van der Waals surface area contributed by atoms with Gasteiger partial charge >= 0.3 is 5.97 Å². The van der Waals surface area contributed by atoms with Gasteiger partial charge in [0.25, 0.3) is 0 Å². The average molecular weight is 313 g/mol. The molecule has 0 radical (unpaired) electrons. The quantitative estimate of drug-likeness (QED) is 0.901. The van der Waals surface area contributed by atoms with Gasteiger partial charge in [0, 0.05) is 22.7 Å². The van der Waals surface area contributed by atoms with Crippen LogP contribution < -0.4 is 5.32 Å². The molecule has 0 bridgehead atoms. The Morgan fingerprint density at radius 1 is 1.56 bits per heavy atom. The van der Waals surface area contributed by atoms with Crippen LogP contribution in [0, 0.1) is 0 Å². The lowest BCUT2D eigenvalue weighted by molar-refractivity contribution is 0.0696. The molecule has 0 amide bonds. The van der Waals surface area contributed by atoms with Gasteiger partial charge in [0.15, 0.2) is 0 Å². The van der Waals surface area contributed by atoms with Gasteiger partial charge in [0.1, 0.15) is 0 Å². The van der Waals surface area contributed by atoms with E-state index in [9.17, 15) is 4.79 Å². The van der Waals surface area contributed by atoms with Crippen LogP contribution in [-0.2, 0) is 0 Å². The second-order valence-corrected chi connectivity index (χ2v) is 5.60. The van der Waals surface area contributed by atoms with Crippen molar-refractivity contribution in [2.75, 3.05) is 25.5 Å². The second-order valence-electron chi connectivity index (χ2n) is 4.75. The summed E-state index contributed by atoms with van der Waals surface area (Å²) in [7, 11) is 2.12. The highest BCUT2D eigenvalue weighted by Gasteiger charge is 2.17. The topological polar surface area (TPSA) is 52.6 Å². The third-order valence-electron chi connectivity index (χ3n) is 3.19. The number of carboxylic acids is 1. The molecule has 1 aromatic rings. The van der Waals surface area contributed by atoms with E-state index in [2.05, 4.69) is 33.2 Å². The minimum atomic E-state index is -0.911. The first-order valence-electron chi connectivity index (χ1n) is 6.04. The maximum absolute atomic E-state index is 10.9. The molecule has 5 heteroatoms. The Bertz CT molecular complexity index is 451. The van der Waals surface area contributed by atoms with E-state index >= 15 is 0 Å². The molecule has 1 atom stereocenters. The number of halogens is 1. The van der Waals surface area contributed by atoms with Crippen LogP contribution in [0.25, 0.3) is 0 Å². The van der Waals surface area contributed by atoms with E-state index < -0.39 is 5.97 Å². The molecular weight excluding hydrogens is 296 g/mol. The van der Waals surface area contributed by atoms with Crippen LogP contribution in [0.2, 0.25) is 0 Å². The summed E-state index contributed by atoms with van der Waals surface area (Å²) in [5, 5.41) is 12.4. The molecule has 4 nitrogen and oxygen atoms in total. The van der Waals surface area contributed by atoms with E-state index in [1.165, 1.54) is 6.42 Å². The van der Waals surface area contributed by atoms with Gasteiger partial charge in [-0.3, -0.25) is 0 Å². The molecule has 1 saturated heterocycles. The first kappa shape index (κ1) is 13.4. The third-order valence-corrected chi connectivity index (χ3v) is 3.85. The van der Waals surface area contributed by atoms with Crippen LogP contribution in [0.3, 0.4) is 0 Å².